The molecule has 116 valence electrons. The fourth-order valence-electron chi connectivity index (χ4n) is 4.07. The van der Waals surface area contributed by atoms with Crippen LogP contribution in [0, 0.1) is 17.7 Å². The highest BCUT2D eigenvalue weighted by Gasteiger charge is 2.33. The first-order valence-electron chi connectivity index (χ1n) is 8.20. The van der Waals surface area contributed by atoms with Gasteiger partial charge in [-0.15, -0.1) is 11.3 Å². The summed E-state index contributed by atoms with van der Waals surface area (Å²) < 4.78 is 14.7. The normalized spacial score (nSPS) is 25.2. The summed E-state index contributed by atoms with van der Waals surface area (Å²) in [5, 5.41) is 0.573. The van der Waals surface area contributed by atoms with E-state index in [9.17, 15) is 9.18 Å². The molecule has 22 heavy (non-hydrogen) atoms. The number of carbonyl (C=O) groups excluding carboxylic acids is 1. The van der Waals surface area contributed by atoms with Crippen LogP contribution >= 0.6 is 11.3 Å². The summed E-state index contributed by atoms with van der Waals surface area (Å²) in [5.74, 6) is 1.35. The van der Waals surface area contributed by atoms with Gasteiger partial charge in [-0.1, -0.05) is 25.3 Å². The maximum Gasteiger partial charge on any atom is 0.263 e. The van der Waals surface area contributed by atoms with Crippen molar-refractivity contribution in [3.63, 3.8) is 0 Å². The van der Waals surface area contributed by atoms with Gasteiger partial charge < -0.3 is 4.90 Å². The number of piperidine rings is 1. The number of likely N-dealkylation sites (tertiary alicyclic amines) is 1. The summed E-state index contributed by atoms with van der Waals surface area (Å²) >= 11 is 1.41. The second-order valence-corrected chi connectivity index (χ2v) is 7.69. The fourth-order valence-corrected chi connectivity index (χ4v) is 5.12. The molecule has 2 fully saturated rings. The van der Waals surface area contributed by atoms with Gasteiger partial charge in [0, 0.05) is 23.2 Å². The highest BCUT2D eigenvalue weighted by molar-refractivity contribution is 7.20. The number of benzene rings is 1. The minimum atomic E-state index is -0.237. The molecule has 2 aliphatic rings. The molecule has 1 aromatic carbocycles. The molecule has 1 amide bonds. The Morgan fingerprint density at radius 1 is 1.18 bits per heavy atom. The molecular weight excluding hydrogens is 297 g/mol. The highest BCUT2D eigenvalue weighted by Crippen LogP contribution is 2.37. The lowest BCUT2D eigenvalue weighted by molar-refractivity contribution is 0.0525. The maximum atomic E-state index is 13.8. The summed E-state index contributed by atoms with van der Waals surface area (Å²) in [6.07, 6.45) is 6.38. The molecule has 4 heteroatoms. The van der Waals surface area contributed by atoms with Crippen molar-refractivity contribution in [2.75, 3.05) is 13.1 Å². The van der Waals surface area contributed by atoms with Crippen molar-refractivity contribution >= 4 is 27.3 Å². The molecule has 0 radical (unpaired) electrons. The van der Waals surface area contributed by atoms with Crippen LogP contribution in [0.4, 0.5) is 4.39 Å². The first-order valence-corrected chi connectivity index (χ1v) is 9.01. The number of nitrogens with zero attached hydrogens (tertiary/aromatic N) is 1. The minimum Gasteiger partial charge on any atom is -0.338 e. The number of thiophene rings is 1. The van der Waals surface area contributed by atoms with Crippen LogP contribution in [0.5, 0.6) is 0 Å². The van der Waals surface area contributed by atoms with Crippen molar-refractivity contribution < 1.29 is 9.18 Å². The van der Waals surface area contributed by atoms with Gasteiger partial charge in [0.25, 0.3) is 5.91 Å². The quantitative estimate of drug-likeness (QED) is 0.747. The fraction of sp³-hybridized carbons (Fsp3) is 0.500. The van der Waals surface area contributed by atoms with Crippen molar-refractivity contribution in [3.05, 3.63) is 35.0 Å². The van der Waals surface area contributed by atoms with Crippen LogP contribution in [0.3, 0.4) is 0 Å². The van der Waals surface area contributed by atoms with E-state index in [0.717, 1.165) is 30.1 Å². The molecule has 1 aliphatic carbocycles. The molecule has 2 aromatic rings. The van der Waals surface area contributed by atoms with Gasteiger partial charge in [-0.3, -0.25) is 4.79 Å². The van der Waals surface area contributed by atoms with Crippen LogP contribution in [-0.4, -0.2) is 23.9 Å². The van der Waals surface area contributed by atoms with E-state index in [-0.39, 0.29) is 11.7 Å². The molecule has 0 N–H and O–H groups in total. The van der Waals surface area contributed by atoms with Gasteiger partial charge in [0.05, 0.1) is 4.88 Å². The van der Waals surface area contributed by atoms with Gasteiger partial charge in [0.2, 0.25) is 0 Å². The molecule has 0 spiro atoms. The Morgan fingerprint density at radius 3 is 2.82 bits per heavy atom. The Hall–Kier alpha value is -1.42. The third-order valence-electron chi connectivity index (χ3n) is 5.30. The van der Waals surface area contributed by atoms with Crippen molar-refractivity contribution in [2.45, 2.75) is 32.1 Å². The molecule has 4 rings (SSSR count). The predicted octanol–water partition coefficient (Wildman–Crippen LogP) is 4.69. The van der Waals surface area contributed by atoms with Crippen molar-refractivity contribution in [2.24, 2.45) is 11.8 Å². The van der Waals surface area contributed by atoms with Gasteiger partial charge in [-0.2, -0.15) is 0 Å². The van der Waals surface area contributed by atoms with E-state index in [1.165, 1.54) is 43.1 Å². The average molecular weight is 317 g/mol. The number of fused-ring (bicyclic) bond motifs is 2. The Kier molecular flexibility index (Phi) is 3.65. The zero-order chi connectivity index (χ0) is 15.1. The molecule has 0 bridgehead atoms. The van der Waals surface area contributed by atoms with E-state index in [4.69, 9.17) is 0 Å². The van der Waals surface area contributed by atoms with Crippen LogP contribution in [0.1, 0.15) is 41.8 Å². The lowest BCUT2D eigenvalue weighted by Crippen LogP contribution is -2.44. The summed E-state index contributed by atoms with van der Waals surface area (Å²) in [4.78, 5) is 15.4. The van der Waals surface area contributed by atoms with Gasteiger partial charge in [0.1, 0.15) is 5.82 Å². The van der Waals surface area contributed by atoms with Crippen LogP contribution in [0.15, 0.2) is 24.3 Å². The van der Waals surface area contributed by atoms with E-state index >= 15 is 0 Å². The summed E-state index contributed by atoms with van der Waals surface area (Å²) in [5.41, 5.74) is 0. The van der Waals surface area contributed by atoms with Crippen LogP contribution in [-0.2, 0) is 0 Å². The summed E-state index contributed by atoms with van der Waals surface area (Å²) in [6, 6.07) is 6.77. The van der Waals surface area contributed by atoms with Crippen LogP contribution in [0.2, 0.25) is 0 Å². The number of hydrogen-bond donors (Lipinski definition) is 0. The lowest BCUT2D eigenvalue weighted by Gasteiger charge is -2.41. The second-order valence-electron chi connectivity index (χ2n) is 6.61. The SMILES string of the molecule is O=C(c1cc2c(F)cccc2s1)N1CC[C@@H]2CCCC[C@@H]2C1. The third-order valence-corrected chi connectivity index (χ3v) is 6.39. The molecule has 2 nitrogen and oxygen atoms in total. The zero-order valence-corrected chi connectivity index (χ0v) is 13.4. The smallest absolute Gasteiger partial charge is 0.263 e. The van der Waals surface area contributed by atoms with E-state index in [1.807, 2.05) is 11.0 Å². The number of carbonyl (C=O) groups is 1. The first kappa shape index (κ1) is 14.2. The van der Waals surface area contributed by atoms with E-state index < -0.39 is 0 Å². The Morgan fingerprint density at radius 2 is 2.00 bits per heavy atom. The van der Waals surface area contributed by atoms with Gasteiger partial charge >= 0.3 is 0 Å². The topological polar surface area (TPSA) is 20.3 Å². The lowest BCUT2D eigenvalue weighted by atomic mass is 9.75. The van der Waals surface area contributed by atoms with E-state index in [2.05, 4.69) is 0 Å². The minimum absolute atomic E-state index is 0.0876. The van der Waals surface area contributed by atoms with Crippen molar-refractivity contribution in [3.8, 4) is 0 Å². The Balaban J connectivity index is 1.56. The molecule has 1 aromatic heterocycles. The largest absolute Gasteiger partial charge is 0.338 e. The third kappa shape index (κ3) is 2.43. The monoisotopic (exact) mass is 317 g/mol. The van der Waals surface area contributed by atoms with E-state index in [0.29, 0.717) is 16.2 Å². The molecule has 1 saturated carbocycles. The van der Waals surface area contributed by atoms with Crippen molar-refractivity contribution in [1.82, 2.24) is 4.90 Å². The van der Waals surface area contributed by atoms with Crippen molar-refractivity contribution in [1.29, 1.82) is 0 Å². The maximum absolute atomic E-state index is 13.8. The molecule has 1 saturated heterocycles. The number of amides is 1. The van der Waals surface area contributed by atoms with Crippen LogP contribution in [0.25, 0.3) is 10.1 Å². The predicted molar refractivity (Wildman–Crippen MR) is 87.8 cm³/mol. The molecule has 1 aliphatic heterocycles. The molecule has 0 unspecified atom stereocenters. The van der Waals surface area contributed by atoms with Gasteiger partial charge in [-0.05, 0) is 42.9 Å². The average Bonchev–Trinajstić information content (AvgIpc) is 2.99. The molecule has 2 atom stereocenters. The molecular formula is C18H20FNOS. The number of halogens is 1. The van der Waals surface area contributed by atoms with Gasteiger partial charge in [0.15, 0.2) is 0 Å². The number of rotatable bonds is 1. The second kappa shape index (κ2) is 5.65. The zero-order valence-electron chi connectivity index (χ0n) is 12.6. The van der Waals surface area contributed by atoms with Crippen LogP contribution < -0.4 is 0 Å². The Bertz CT molecular complexity index is 710. The summed E-state index contributed by atoms with van der Waals surface area (Å²) in [7, 11) is 0. The standard InChI is InChI=1S/C18H20FNOS/c19-15-6-3-7-16-14(15)10-17(22-16)18(21)20-9-8-12-4-1-2-5-13(12)11-20/h3,6-7,10,12-13H,1-2,4-5,8-9,11H2/t12-,13+/m0/s1. The molecule has 2 heterocycles. The Labute approximate surface area is 133 Å². The highest BCUT2D eigenvalue weighted by atomic mass is 32.1. The summed E-state index contributed by atoms with van der Waals surface area (Å²) in [6.45, 7) is 1.75. The van der Waals surface area contributed by atoms with E-state index in [1.54, 1.807) is 12.1 Å². The van der Waals surface area contributed by atoms with Gasteiger partial charge in [-0.25, -0.2) is 4.39 Å². The first-order chi connectivity index (χ1) is 10.7. The number of hydrogen-bond acceptors (Lipinski definition) is 2.